The van der Waals surface area contributed by atoms with Crippen LogP contribution in [0.25, 0.3) is 10.9 Å². The summed E-state index contributed by atoms with van der Waals surface area (Å²) < 4.78 is 2.20. The van der Waals surface area contributed by atoms with Crippen molar-refractivity contribution in [2.45, 2.75) is 11.9 Å². The van der Waals surface area contributed by atoms with Gasteiger partial charge in [-0.2, -0.15) is 0 Å². The van der Waals surface area contributed by atoms with Crippen molar-refractivity contribution < 1.29 is 0 Å². The number of benzene rings is 1. The number of hydrogen-bond acceptors (Lipinski definition) is 1. The van der Waals surface area contributed by atoms with Crippen LogP contribution in [-0.4, -0.2) is 29.4 Å². The van der Waals surface area contributed by atoms with Crippen molar-refractivity contribution in [2.75, 3.05) is 0 Å². The molecule has 2 nitrogen and oxygen atoms in total. The third-order valence-electron chi connectivity index (χ3n) is 1.98. The van der Waals surface area contributed by atoms with Gasteiger partial charge in [0.1, 0.15) is 0 Å². The van der Waals surface area contributed by atoms with Gasteiger partial charge in [0, 0.05) is 0 Å². The van der Waals surface area contributed by atoms with Gasteiger partial charge >= 0.3 is 82.1 Å². The number of fused-ring (bicyclic) bond motifs is 1. The van der Waals surface area contributed by atoms with Gasteiger partial charge in [0.05, 0.1) is 0 Å². The molecule has 0 N–H and O–H groups in total. The average molecular weight is 265 g/mol. The van der Waals surface area contributed by atoms with Gasteiger partial charge in [-0.15, -0.1) is 0 Å². The monoisotopic (exact) mass is 266 g/mol. The summed E-state index contributed by atoms with van der Waals surface area (Å²) in [6.07, 6.45) is 0. The van der Waals surface area contributed by atoms with Gasteiger partial charge in [-0.05, 0) is 0 Å². The van der Waals surface area contributed by atoms with E-state index in [9.17, 15) is 0 Å². The molecule has 0 unspecified atom stereocenters. The SMILES string of the molecule is [CH3][Sn][n]1nc(C)c2ccccc21. The van der Waals surface area contributed by atoms with E-state index < -0.39 is 21.4 Å². The molecule has 0 atom stereocenters. The zero-order valence-electron chi connectivity index (χ0n) is 7.20. The number of nitrogens with zero attached hydrogens (tertiary/aromatic N) is 2. The first-order valence-electron chi connectivity index (χ1n) is 3.95. The molecule has 12 heavy (non-hydrogen) atoms. The maximum absolute atomic E-state index is 4.50. The summed E-state index contributed by atoms with van der Waals surface area (Å²) in [4.78, 5) is 2.28. The Hall–Kier alpha value is -0.511. The molecule has 0 fully saturated rings. The van der Waals surface area contributed by atoms with E-state index in [-0.39, 0.29) is 0 Å². The van der Waals surface area contributed by atoms with Crippen molar-refractivity contribution in [1.29, 1.82) is 0 Å². The Morgan fingerprint density at radius 3 is 2.83 bits per heavy atom. The normalized spacial score (nSPS) is 10.8. The first-order valence-corrected chi connectivity index (χ1v) is 8.08. The second-order valence-corrected chi connectivity index (χ2v) is 5.22. The number of aromatic nitrogens is 2. The number of aryl methyl sites for hydroxylation is 1. The van der Waals surface area contributed by atoms with E-state index in [1.54, 1.807) is 0 Å². The standard InChI is InChI=1S/C8H7N2.CH3.Sn/c1-6-7-4-2-3-5-8(7)10-9-6;;/h2-5H,1H3;1H3;/q-1;;+1. The molecule has 0 saturated heterocycles. The van der Waals surface area contributed by atoms with E-state index >= 15 is 0 Å². The van der Waals surface area contributed by atoms with E-state index in [4.69, 9.17) is 0 Å². The summed E-state index contributed by atoms with van der Waals surface area (Å²) in [5, 5.41) is 5.81. The Bertz CT molecular complexity index is 406. The summed E-state index contributed by atoms with van der Waals surface area (Å²) in [5.74, 6) is 0. The fourth-order valence-corrected chi connectivity index (χ4v) is 3.35. The predicted octanol–water partition coefficient (Wildman–Crippen LogP) is 1.86. The van der Waals surface area contributed by atoms with Gasteiger partial charge in [-0.3, -0.25) is 0 Å². The van der Waals surface area contributed by atoms with Crippen LogP contribution in [0.15, 0.2) is 24.3 Å². The molecule has 2 aromatic rings. The zero-order valence-corrected chi connectivity index (χ0v) is 10.1. The van der Waals surface area contributed by atoms with Crippen LogP contribution in [-0.2, 0) is 0 Å². The Kier molecular flexibility index (Phi) is 2.09. The maximum atomic E-state index is 4.50. The summed E-state index contributed by atoms with van der Waals surface area (Å²) in [6, 6.07) is 8.44. The third kappa shape index (κ3) is 1.14. The Morgan fingerprint density at radius 1 is 1.33 bits per heavy atom. The molecule has 0 aliphatic rings. The predicted molar refractivity (Wildman–Crippen MR) is 51.5 cm³/mol. The van der Waals surface area contributed by atoms with E-state index in [1.165, 1.54) is 10.9 Å². The van der Waals surface area contributed by atoms with Crippen LogP contribution in [0.3, 0.4) is 0 Å². The Labute approximate surface area is 82.2 Å². The van der Waals surface area contributed by atoms with Crippen LogP contribution in [0.2, 0.25) is 4.94 Å². The number of para-hydroxylation sites is 1. The van der Waals surface area contributed by atoms with Crippen molar-refractivity contribution in [3.63, 3.8) is 0 Å². The molecule has 3 heteroatoms. The molecular formula is C9H10N2Sn. The molecule has 2 radical (unpaired) electrons. The van der Waals surface area contributed by atoms with Crippen molar-refractivity contribution in [3.8, 4) is 0 Å². The molecule has 0 saturated carbocycles. The Morgan fingerprint density at radius 2 is 2.08 bits per heavy atom. The summed E-state index contributed by atoms with van der Waals surface area (Å²) >= 11 is -0.460. The molecule has 0 aliphatic heterocycles. The fraction of sp³-hybridized carbons (Fsp3) is 0.222. The van der Waals surface area contributed by atoms with Crippen molar-refractivity contribution >= 4 is 32.3 Å². The Balaban J connectivity index is 2.82. The second kappa shape index (κ2) is 3.09. The average Bonchev–Trinajstić information content (AvgIpc) is 2.44. The van der Waals surface area contributed by atoms with Gasteiger partial charge in [0.2, 0.25) is 0 Å². The second-order valence-electron chi connectivity index (χ2n) is 2.74. The first-order chi connectivity index (χ1) is 5.83. The topological polar surface area (TPSA) is 17.8 Å². The van der Waals surface area contributed by atoms with Crippen LogP contribution >= 0.6 is 0 Å². The van der Waals surface area contributed by atoms with E-state index in [0.717, 1.165) is 5.69 Å². The van der Waals surface area contributed by atoms with E-state index in [2.05, 4.69) is 44.1 Å². The van der Waals surface area contributed by atoms with Gasteiger partial charge < -0.3 is 0 Å². The number of hydrogen-bond donors (Lipinski definition) is 0. The van der Waals surface area contributed by atoms with Gasteiger partial charge in [0.25, 0.3) is 0 Å². The van der Waals surface area contributed by atoms with Crippen molar-refractivity contribution in [2.24, 2.45) is 0 Å². The number of rotatable bonds is 1. The quantitative estimate of drug-likeness (QED) is 0.719. The molecule has 0 aliphatic carbocycles. The minimum absolute atomic E-state index is 0.460. The fourth-order valence-electron chi connectivity index (χ4n) is 1.39. The summed E-state index contributed by atoms with van der Waals surface area (Å²) in [5.41, 5.74) is 2.47. The van der Waals surface area contributed by atoms with Crippen LogP contribution < -0.4 is 0 Å². The zero-order chi connectivity index (χ0) is 8.55. The molecule has 60 valence electrons. The molecule has 0 amide bonds. The van der Waals surface area contributed by atoms with Crippen molar-refractivity contribution in [1.82, 2.24) is 8.00 Å². The molecule has 1 aromatic heterocycles. The van der Waals surface area contributed by atoms with Gasteiger partial charge in [0.15, 0.2) is 0 Å². The first kappa shape index (κ1) is 8.10. The van der Waals surface area contributed by atoms with E-state index in [1.807, 2.05) is 0 Å². The van der Waals surface area contributed by atoms with Crippen LogP contribution in [0, 0.1) is 6.92 Å². The molecule has 2 rings (SSSR count). The van der Waals surface area contributed by atoms with Crippen LogP contribution in [0.1, 0.15) is 5.69 Å². The molecular weight excluding hydrogens is 255 g/mol. The van der Waals surface area contributed by atoms with E-state index in [0.29, 0.717) is 0 Å². The minimum atomic E-state index is -0.460. The summed E-state index contributed by atoms with van der Waals surface area (Å²) in [7, 11) is 0. The molecule has 1 aromatic carbocycles. The van der Waals surface area contributed by atoms with Crippen LogP contribution in [0.4, 0.5) is 0 Å². The third-order valence-corrected chi connectivity index (χ3v) is 4.17. The molecule has 1 heterocycles. The van der Waals surface area contributed by atoms with Gasteiger partial charge in [-0.25, -0.2) is 0 Å². The molecule has 0 spiro atoms. The van der Waals surface area contributed by atoms with Crippen molar-refractivity contribution in [3.05, 3.63) is 30.0 Å². The van der Waals surface area contributed by atoms with Crippen LogP contribution in [0.5, 0.6) is 0 Å². The summed E-state index contributed by atoms with van der Waals surface area (Å²) in [6.45, 7) is 2.08. The van der Waals surface area contributed by atoms with Gasteiger partial charge in [-0.1, -0.05) is 0 Å². The molecule has 0 bridgehead atoms.